The number of sulfonamides is 1. The highest BCUT2D eigenvalue weighted by Gasteiger charge is 2.20. The molecule has 0 fully saturated rings. The smallest absolute Gasteiger partial charge is 0.263 e. The molecule has 0 radical (unpaired) electrons. The van der Waals surface area contributed by atoms with E-state index in [0.717, 1.165) is 16.8 Å². The fourth-order valence-electron chi connectivity index (χ4n) is 3.99. The van der Waals surface area contributed by atoms with Gasteiger partial charge in [-0.15, -0.1) is 0 Å². The van der Waals surface area contributed by atoms with E-state index in [9.17, 15) is 13.2 Å². The molecule has 9 heteroatoms. The van der Waals surface area contributed by atoms with E-state index in [2.05, 4.69) is 26.1 Å². The van der Waals surface area contributed by atoms with Crippen LogP contribution in [0.3, 0.4) is 0 Å². The van der Waals surface area contributed by atoms with E-state index in [-0.39, 0.29) is 29.5 Å². The van der Waals surface area contributed by atoms with Gasteiger partial charge in [0.25, 0.3) is 10.0 Å². The highest BCUT2D eigenvalue weighted by atomic mass is 32.2. The molecule has 4 aromatic rings. The van der Waals surface area contributed by atoms with Gasteiger partial charge in [0, 0.05) is 12.1 Å². The molecule has 3 aromatic carbocycles. The average Bonchev–Trinajstić information content (AvgIpc) is 2.78. The number of likely N-dealkylation sites (N-methyl/N-ethyl adjacent to an activating group) is 1. The molecular weight excluding hydrogens is 474 g/mol. The van der Waals surface area contributed by atoms with Crippen LogP contribution in [-0.4, -0.2) is 49.7 Å². The Morgan fingerprint density at radius 1 is 0.861 bits per heavy atom. The van der Waals surface area contributed by atoms with Gasteiger partial charge in [-0.2, -0.15) is 0 Å². The van der Waals surface area contributed by atoms with Crippen molar-refractivity contribution >= 4 is 44.2 Å². The van der Waals surface area contributed by atoms with E-state index in [1.54, 1.807) is 23.1 Å². The molecule has 36 heavy (non-hydrogen) atoms. The Bertz CT molecular complexity index is 1510. The van der Waals surface area contributed by atoms with Crippen molar-refractivity contribution in [3.63, 3.8) is 0 Å². The summed E-state index contributed by atoms with van der Waals surface area (Å²) in [5.74, 6) is 0.379. The molecule has 0 aliphatic heterocycles. The minimum atomic E-state index is -4.01. The van der Waals surface area contributed by atoms with Gasteiger partial charge in [-0.05, 0) is 81.0 Å². The minimum Gasteiger partial charge on any atom is -0.337 e. The lowest BCUT2D eigenvalue weighted by atomic mass is 10.1. The fourth-order valence-corrected chi connectivity index (χ4v) is 5.07. The predicted octanol–water partition coefficient (Wildman–Crippen LogP) is 4.46. The van der Waals surface area contributed by atoms with Gasteiger partial charge < -0.3 is 10.2 Å². The first-order valence-corrected chi connectivity index (χ1v) is 13.0. The number of aryl methyl sites for hydroxylation is 2. The maximum absolute atomic E-state index is 13.4. The summed E-state index contributed by atoms with van der Waals surface area (Å²) in [4.78, 5) is 23.3. The lowest BCUT2D eigenvalue weighted by Crippen LogP contribution is -2.23. The van der Waals surface area contributed by atoms with Crippen LogP contribution in [0, 0.1) is 13.8 Å². The van der Waals surface area contributed by atoms with Crippen molar-refractivity contribution in [1.82, 2.24) is 14.9 Å². The van der Waals surface area contributed by atoms with Crippen LogP contribution in [-0.2, 0) is 21.2 Å². The Labute approximate surface area is 211 Å². The number of ketones is 1. The van der Waals surface area contributed by atoms with Crippen LogP contribution in [0.5, 0.6) is 0 Å². The molecule has 0 amide bonds. The molecule has 0 aliphatic carbocycles. The lowest BCUT2D eigenvalue weighted by Gasteiger charge is -2.15. The number of carbonyl (C=O) groups excluding carboxylic acids is 1. The average molecular weight is 504 g/mol. The number of aromatic nitrogens is 2. The van der Waals surface area contributed by atoms with Crippen molar-refractivity contribution in [3.05, 3.63) is 83.4 Å². The number of nitrogens with one attached hydrogen (secondary N) is 2. The maximum atomic E-state index is 13.4. The summed E-state index contributed by atoms with van der Waals surface area (Å²) in [6.45, 7) is 4.27. The Balaban J connectivity index is 1.69. The van der Waals surface area contributed by atoms with Crippen molar-refractivity contribution < 1.29 is 13.2 Å². The summed E-state index contributed by atoms with van der Waals surface area (Å²) in [7, 11) is -0.376. The first-order chi connectivity index (χ1) is 17.1. The van der Waals surface area contributed by atoms with Gasteiger partial charge in [0.1, 0.15) is 0 Å². The number of anilines is 3. The second kappa shape index (κ2) is 10.4. The van der Waals surface area contributed by atoms with Crippen LogP contribution in [0.15, 0.2) is 71.6 Å². The van der Waals surface area contributed by atoms with Crippen LogP contribution in [0.2, 0.25) is 0 Å². The summed E-state index contributed by atoms with van der Waals surface area (Å²) in [6, 6.07) is 19.6. The van der Waals surface area contributed by atoms with Gasteiger partial charge in [-0.1, -0.05) is 30.3 Å². The number of carbonyl (C=O) groups is 1. The van der Waals surface area contributed by atoms with Gasteiger partial charge in [0.2, 0.25) is 0 Å². The Morgan fingerprint density at radius 2 is 1.50 bits per heavy atom. The van der Waals surface area contributed by atoms with Crippen LogP contribution in [0.4, 0.5) is 17.3 Å². The van der Waals surface area contributed by atoms with Crippen LogP contribution < -0.4 is 10.0 Å². The lowest BCUT2D eigenvalue weighted by molar-refractivity contribution is -0.119. The van der Waals surface area contributed by atoms with Crippen LogP contribution >= 0.6 is 0 Å². The third-order valence-electron chi connectivity index (χ3n) is 5.39. The molecule has 1 aromatic heterocycles. The number of rotatable bonds is 9. The third-order valence-corrected chi connectivity index (χ3v) is 6.73. The number of hydrogen-bond acceptors (Lipinski definition) is 7. The summed E-state index contributed by atoms with van der Waals surface area (Å²) >= 11 is 0. The summed E-state index contributed by atoms with van der Waals surface area (Å²) in [5.41, 5.74) is 4.72. The Kier molecular flexibility index (Phi) is 7.32. The number of hydrogen-bond donors (Lipinski definition) is 2. The van der Waals surface area contributed by atoms with Gasteiger partial charge >= 0.3 is 0 Å². The number of fused-ring (bicyclic) bond motifs is 1. The largest absolute Gasteiger partial charge is 0.337 e. The highest BCUT2D eigenvalue weighted by Crippen LogP contribution is 2.28. The van der Waals surface area contributed by atoms with E-state index < -0.39 is 10.0 Å². The second-order valence-electron chi connectivity index (χ2n) is 9.12. The third kappa shape index (κ3) is 6.24. The topological polar surface area (TPSA) is 104 Å². The van der Waals surface area contributed by atoms with Gasteiger partial charge in [-0.3, -0.25) is 9.52 Å². The number of nitrogens with zero attached hydrogens (tertiary/aromatic N) is 3. The molecular formula is C27H29N5O3S. The van der Waals surface area contributed by atoms with Crippen molar-refractivity contribution in [3.8, 4) is 0 Å². The zero-order chi connectivity index (χ0) is 25.9. The normalized spacial score (nSPS) is 11.6. The summed E-state index contributed by atoms with van der Waals surface area (Å²) in [6.07, 6.45) is 0.150. The molecule has 186 valence electrons. The van der Waals surface area contributed by atoms with Gasteiger partial charge in [0.15, 0.2) is 17.4 Å². The zero-order valence-corrected chi connectivity index (χ0v) is 21.6. The molecule has 4 rings (SSSR count). The second-order valence-corrected chi connectivity index (χ2v) is 10.8. The van der Waals surface area contributed by atoms with Crippen molar-refractivity contribution in [2.45, 2.75) is 25.2 Å². The maximum Gasteiger partial charge on any atom is 0.263 e. The molecule has 0 unspecified atom stereocenters. The minimum absolute atomic E-state index is 0.00263. The highest BCUT2D eigenvalue weighted by molar-refractivity contribution is 7.92. The summed E-state index contributed by atoms with van der Waals surface area (Å²) < 4.78 is 29.3. The standard InChI is InChI=1S/C27H29N5O3S/c1-18-12-19(2)14-21(13-18)28-26-27(30-25-11-6-5-10-24(25)29-26)31-36(34,35)23-9-7-8-20(16-23)15-22(33)17-32(3)4/h5-14,16H,15,17H2,1-4H3,(H,28,29)(H,30,31). The molecule has 2 N–H and O–H groups in total. The first kappa shape index (κ1) is 25.3. The predicted molar refractivity (Wildman–Crippen MR) is 143 cm³/mol. The van der Waals surface area contributed by atoms with Gasteiger partial charge in [-0.25, -0.2) is 18.4 Å². The number of para-hydroxylation sites is 2. The zero-order valence-electron chi connectivity index (χ0n) is 20.7. The molecule has 0 bridgehead atoms. The van der Waals surface area contributed by atoms with Crippen LogP contribution in [0.1, 0.15) is 16.7 Å². The Hall–Kier alpha value is -3.82. The number of Topliss-reactive ketones (excluding diaryl/α,β-unsaturated/α-hetero) is 1. The van der Waals surface area contributed by atoms with Crippen LogP contribution in [0.25, 0.3) is 11.0 Å². The first-order valence-electron chi connectivity index (χ1n) is 11.5. The molecule has 0 aliphatic rings. The Morgan fingerprint density at radius 3 is 2.14 bits per heavy atom. The SMILES string of the molecule is Cc1cc(C)cc(Nc2nc3ccccc3nc2NS(=O)(=O)c2cccc(CC(=O)CN(C)C)c2)c1. The van der Waals surface area contributed by atoms with E-state index in [4.69, 9.17) is 0 Å². The molecule has 0 spiro atoms. The van der Waals surface area contributed by atoms with Crippen molar-refractivity contribution in [2.75, 3.05) is 30.7 Å². The monoisotopic (exact) mass is 503 g/mol. The molecule has 0 saturated heterocycles. The van der Waals surface area contributed by atoms with Gasteiger partial charge in [0.05, 0.1) is 22.5 Å². The molecule has 1 heterocycles. The molecule has 0 saturated carbocycles. The molecule has 8 nitrogen and oxygen atoms in total. The van der Waals surface area contributed by atoms with E-state index >= 15 is 0 Å². The summed E-state index contributed by atoms with van der Waals surface area (Å²) in [5, 5.41) is 3.23. The number of benzene rings is 3. The molecule has 0 atom stereocenters. The van der Waals surface area contributed by atoms with Crippen molar-refractivity contribution in [2.24, 2.45) is 0 Å². The van der Waals surface area contributed by atoms with E-state index in [0.29, 0.717) is 22.4 Å². The van der Waals surface area contributed by atoms with E-state index in [1.165, 1.54) is 12.1 Å². The van der Waals surface area contributed by atoms with Crippen molar-refractivity contribution in [1.29, 1.82) is 0 Å². The fraction of sp³-hybridized carbons (Fsp3) is 0.222. The van der Waals surface area contributed by atoms with E-state index in [1.807, 2.05) is 58.3 Å². The quantitative estimate of drug-likeness (QED) is 0.347.